The van der Waals surface area contributed by atoms with Crippen LogP contribution in [0.5, 0.6) is 5.75 Å². The van der Waals surface area contributed by atoms with Gasteiger partial charge in [0.2, 0.25) is 0 Å². The molecule has 0 aliphatic rings. The van der Waals surface area contributed by atoms with Crippen LogP contribution in [-0.4, -0.2) is 17.3 Å². The molecule has 0 heterocycles. The van der Waals surface area contributed by atoms with Crippen LogP contribution < -0.4 is 4.74 Å². The largest absolute Gasteiger partial charge is 0.485 e. The number of fused-ring (bicyclic) bond motifs is 1. The van der Waals surface area contributed by atoms with E-state index < -0.39 is 4.92 Å². The number of hydrogen-bond acceptors (Lipinski definition) is 4. The zero-order chi connectivity index (χ0) is 16.2. The number of ketones is 1. The van der Waals surface area contributed by atoms with Gasteiger partial charge in [-0.15, -0.1) is 0 Å². The van der Waals surface area contributed by atoms with Crippen LogP contribution >= 0.6 is 0 Å². The zero-order valence-electron chi connectivity index (χ0n) is 12.1. The van der Waals surface area contributed by atoms with Crippen molar-refractivity contribution in [3.8, 4) is 5.75 Å². The van der Waals surface area contributed by atoms with E-state index in [9.17, 15) is 14.9 Å². The normalized spacial score (nSPS) is 10.4. The lowest BCUT2D eigenvalue weighted by Crippen LogP contribution is -2.11. The Morgan fingerprint density at radius 1 is 0.957 bits per heavy atom. The molecule has 0 N–H and O–H groups in total. The predicted octanol–water partition coefficient (Wildman–Crippen LogP) is 4.01. The molecule has 0 bridgehead atoms. The number of benzene rings is 3. The summed E-state index contributed by atoms with van der Waals surface area (Å²) in [7, 11) is 0. The van der Waals surface area contributed by atoms with Gasteiger partial charge in [0.15, 0.2) is 12.4 Å². The average molecular weight is 307 g/mol. The topological polar surface area (TPSA) is 69.4 Å². The number of nitrogens with zero attached hydrogens (tertiary/aromatic N) is 1. The first kappa shape index (κ1) is 14.7. The van der Waals surface area contributed by atoms with Gasteiger partial charge in [0, 0.05) is 11.6 Å². The van der Waals surface area contributed by atoms with Crippen molar-refractivity contribution >= 4 is 22.2 Å². The number of nitro groups is 1. The minimum Gasteiger partial charge on any atom is -0.485 e. The van der Waals surface area contributed by atoms with E-state index in [0.29, 0.717) is 11.3 Å². The van der Waals surface area contributed by atoms with Crippen LogP contribution in [-0.2, 0) is 0 Å². The summed E-state index contributed by atoms with van der Waals surface area (Å²) >= 11 is 0. The van der Waals surface area contributed by atoms with Crippen LogP contribution in [0.1, 0.15) is 10.4 Å². The molecular weight excluding hydrogens is 294 g/mol. The van der Waals surface area contributed by atoms with E-state index in [1.54, 1.807) is 12.1 Å². The molecule has 0 atom stereocenters. The van der Waals surface area contributed by atoms with E-state index in [1.807, 2.05) is 36.4 Å². The molecule has 3 rings (SSSR count). The van der Waals surface area contributed by atoms with Gasteiger partial charge in [0.05, 0.1) is 11.0 Å². The maximum absolute atomic E-state index is 12.2. The second kappa shape index (κ2) is 6.27. The molecular formula is C18H13NO4. The van der Waals surface area contributed by atoms with Crippen LogP contribution in [0.25, 0.3) is 10.8 Å². The van der Waals surface area contributed by atoms with E-state index in [-0.39, 0.29) is 18.1 Å². The first-order chi connectivity index (χ1) is 11.1. The maximum Gasteiger partial charge on any atom is 0.273 e. The molecule has 0 spiro atoms. The van der Waals surface area contributed by atoms with Gasteiger partial charge in [-0.1, -0.05) is 42.5 Å². The van der Waals surface area contributed by atoms with E-state index >= 15 is 0 Å². The quantitative estimate of drug-likeness (QED) is 0.406. The number of Topliss-reactive ketones (excluding diaryl/α,β-unsaturated/α-hetero) is 1. The van der Waals surface area contributed by atoms with Crippen molar-refractivity contribution in [3.63, 3.8) is 0 Å². The molecule has 0 saturated carbocycles. The summed E-state index contributed by atoms with van der Waals surface area (Å²) in [6.45, 7) is -0.167. The summed E-state index contributed by atoms with van der Waals surface area (Å²) in [5, 5.41) is 12.8. The minimum atomic E-state index is -0.502. The Morgan fingerprint density at radius 2 is 1.74 bits per heavy atom. The second-order valence-electron chi connectivity index (χ2n) is 5.03. The van der Waals surface area contributed by atoms with Gasteiger partial charge < -0.3 is 4.74 Å². The van der Waals surface area contributed by atoms with Crippen molar-refractivity contribution in [2.75, 3.05) is 6.61 Å². The summed E-state index contributed by atoms with van der Waals surface area (Å²) in [5.74, 6) is 0.121. The highest BCUT2D eigenvalue weighted by Crippen LogP contribution is 2.20. The SMILES string of the molecule is O=C(COc1cccc([N+](=O)[O-])c1)c1ccc2ccccc2c1. The lowest BCUT2D eigenvalue weighted by molar-refractivity contribution is -0.384. The van der Waals surface area contributed by atoms with E-state index in [1.165, 1.54) is 18.2 Å². The lowest BCUT2D eigenvalue weighted by atomic mass is 10.0. The summed E-state index contributed by atoms with van der Waals surface area (Å²) in [5.41, 5.74) is 0.481. The number of rotatable bonds is 5. The standard InChI is InChI=1S/C18H13NO4/c20-18(12-23-17-7-3-6-16(11-17)19(21)22)15-9-8-13-4-1-2-5-14(13)10-15/h1-11H,12H2. The first-order valence-electron chi connectivity index (χ1n) is 7.03. The highest BCUT2D eigenvalue weighted by molar-refractivity contribution is 6.00. The number of carbonyl (C=O) groups is 1. The molecule has 0 aliphatic carbocycles. The maximum atomic E-state index is 12.2. The monoisotopic (exact) mass is 307 g/mol. The molecule has 114 valence electrons. The van der Waals surface area contributed by atoms with Crippen molar-refractivity contribution in [1.29, 1.82) is 0 Å². The highest BCUT2D eigenvalue weighted by Gasteiger charge is 2.10. The second-order valence-corrected chi connectivity index (χ2v) is 5.03. The first-order valence-corrected chi connectivity index (χ1v) is 7.03. The Balaban J connectivity index is 1.73. The molecule has 23 heavy (non-hydrogen) atoms. The summed E-state index contributed by atoms with van der Waals surface area (Å²) in [6.07, 6.45) is 0. The van der Waals surface area contributed by atoms with Crippen LogP contribution in [0.4, 0.5) is 5.69 Å². The third-order valence-electron chi connectivity index (χ3n) is 3.47. The third-order valence-corrected chi connectivity index (χ3v) is 3.47. The van der Waals surface area contributed by atoms with Gasteiger partial charge in [-0.3, -0.25) is 14.9 Å². The van der Waals surface area contributed by atoms with E-state index in [0.717, 1.165) is 10.8 Å². The van der Waals surface area contributed by atoms with Gasteiger partial charge in [0.1, 0.15) is 5.75 Å². The molecule has 0 unspecified atom stereocenters. The Kier molecular flexibility index (Phi) is 4.01. The molecule has 3 aromatic carbocycles. The van der Waals surface area contributed by atoms with Crippen molar-refractivity contribution in [1.82, 2.24) is 0 Å². The molecule has 5 nitrogen and oxygen atoms in total. The number of ether oxygens (including phenoxy) is 1. The molecule has 3 aromatic rings. The molecule has 0 aromatic heterocycles. The van der Waals surface area contributed by atoms with Crippen LogP contribution in [0.2, 0.25) is 0 Å². The summed E-state index contributed by atoms with van der Waals surface area (Å²) in [6, 6.07) is 19.0. The smallest absolute Gasteiger partial charge is 0.273 e. The molecule has 0 radical (unpaired) electrons. The lowest BCUT2D eigenvalue weighted by Gasteiger charge is -2.06. The number of non-ortho nitro benzene ring substituents is 1. The van der Waals surface area contributed by atoms with E-state index in [2.05, 4.69) is 0 Å². The summed E-state index contributed by atoms with van der Waals surface area (Å²) < 4.78 is 5.37. The highest BCUT2D eigenvalue weighted by atomic mass is 16.6. The number of hydrogen-bond donors (Lipinski definition) is 0. The van der Waals surface area contributed by atoms with Crippen LogP contribution in [0, 0.1) is 10.1 Å². The molecule has 0 fully saturated rings. The average Bonchev–Trinajstić information content (AvgIpc) is 2.59. The Bertz CT molecular complexity index is 889. The Hall–Kier alpha value is -3.21. The molecule has 0 amide bonds. The molecule has 5 heteroatoms. The van der Waals surface area contributed by atoms with Crippen molar-refractivity contribution < 1.29 is 14.5 Å². The van der Waals surface area contributed by atoms with Crippen molar-refractivity contribution in [2.24, 2.45) is 0 Å². The molecule has 0 aliphatic heterocycles. The zero-order valence-corrected chi connectivity index (χ0v) is 12.1. The Morgan fingerprint density at radius 3 is 2.52 bits per heavy atom. The van der Waals surface area contributed by atoms with Gasteiger partial charge in [0.25, 0.3) is 5.69 Å². The van der Waals surface area contributed by atoms with Gasteiger partial charge in [-0.25, -0.2) is 0 Å². The van der Waals surface area contributed by atoms with Crippen molar-refractivity contribution in [2.45, 2.75) is 0 Å². The fraction of sp³-hybridized carbons (Fsp3) is 0.0556. The van der Waals surface area contributed by atoms with Crippen LogP contribution in [0.3, 0.4) is 0 Å². The fourth-order valence-corrected chi connectivity index (χ4v) is 2.28. The predicted molar refractivity (Wildman–Crippen MR) is 86.9 cm³/mol. The van der Waals surface area contributed by atoms with E-state index in [4.69, 9.17) is 4.74 Å². The number of nitro benzene ring substituents is 1. The van der Waals surface area contributed by atoms with Gasteiger partial charge in [-0.2, -0.15) is 0 Å². The molecule has 0 saturated heterocycles. The number of carbonyl (C=O) groups excluding carboxylic acids is 1. The summed E-state index contributed by atoms with van der Waals surface area (Å²) in [4.78, 5) is 22.4. The van der Waals surface area contributed by atoms with Crippen LogP contribution in [0.15, 0.2) is 66.7 Å². The Labute approximate surface area is 132 Å². The fourth-order valence-electron chi connectivity index (χ4n) is 2.28. The third kappa shape index (κ3) is 3.35. The van der Waals surface area contributed by atoms with Gasteiger partial charge >= 0.3 is 0 Å². The van der Waals surface area contributed by atoms with Crippen molar-refractivity contribution in [3.05, 3.63) is 82.4 Å². The minimum absolute atomic E-state index is 0.0688. The van der Waals surface area contributed by atoms with Gasteiger partial charge in [-0.05, 0) is 22.9 Å².